The lowest BCUT2D eigenvalue weighted by Gasteiger charge is -2.14. The molecule has 1 fully saturated rings. The van der Waals surface area contributed by atoms with Crippen molar-refractivity contribution in [2.45, 2.75) is 52.1 Å². The third kappa shape index (κ3) is 2.69. The molecule has 5 nitrogen and oxygen atoms in total. The summed E-state index contributed by atoms with van der Waals surface area (Å²) in [5, 5.41) is 4.64. The minimum Gasteiger partial charge on any atom is -0.324 e. The molecule has 2 rings (SSSR count). The Morgan fingerprint density at radius 1 is 1.42 bits per heavy atom. The van der Waals surface area contributed by atoms with Gasteiger partial charge in [0.25, 0.3) is 0 Å². The molecule has 1 aromatic heterocycles. The van der Waals surface area contributed by atoms with Gasteiger partial charge in [-0.05, 0) is 26.2 Å². The average Bonchev–Trinajstić information content (AvgIpc) is 2.88. The molecule has 1 aliphatic rings. The van der Waals surface area contributed by atoms with Crippen molar-refractivity contribution in [3.8, 4) is 0 Å². The Balaban J connectivity index is 2.46. The zero-order valence-corrected chi connectivity index (χ0v) is 12.7. The van der Waals surface area contributed by atoms with E-state index in [4.69, 9.17) is 5.73 Å². The zero-order valence-electron chi connectivity index (χ0n) is 11.9. The van der Waals surface area contributed by atoms with Crippen molar-refractivity contribution in [3.05, 3.63) is 17.0 Å². The predicted molar refractivity (Wildman–Crippen MR) is 75.9 cm³/mol. The maximum atomic E-state index is 11.6. The third-order valence-corrected chi connectivity index (χ3v) is 5.56. The monoisotopic (exact) mass is 285 g/mol. The largest absolute Gasteiger partial charge is 0.324 e. The van der Waals surface area contributed by atoms with Crippen molar-refractivity contribution in [2.24, 2.45) is 5.73 Å². The second-order valence-corrected chi connectivity index (χ2v) is 7.53. The molecule has 2 heterocycles. The molecule has 0 amide bonds. The van der Waals surface area contributed by atoms with Crippen molar-refractivity contribution in [2.75, 3.05) is 11.5 Å². The fourth-order valence-corrected chi connectivity index (χ4v) is 4.64. The lowest BCUT2D eigenvalue weighted by Crippen LogP contribution is -2.16. The van der Waals surface area contributed by atoms with Crippen LogP contribution in [0, 0.1) is 0 Å². The number of aryl methyl sites for hydroxylation is 1. The van der Waals surface area contributed by atoms with Gasteiger partial charge in [-0.2, -0.15) is 5.10 Å². The molecule has 1 aromatic rings. The summed E-state index contributed by atoms with van der Waals surface area (Å²) in [6.07, 6.45) is 2.33. The topological polar surface area (TPSA) is 78.0 Å². The normalized spacial score (nSPS) is 23.7. The molecule has 0 radical (unpaired) electrons. The SMILES string of the molecule is CCc1nn(C2CCS(=O)(=O)C2)c(CC)c1C(C)N. The van der Waals surface area contributed by atoms with Gasteiger partial charge in [-0.1, -0.05) is 13.8 Å². The van der Waals surface area contributed by atoms with Crippen LogP contribution in [0.5, 0.6) is 0 Å². The first-order valence-electron chi connectivity index (χ1n) is 6.95. The number of rotatable bonds is 4. The summed E-state index contributed by atoms with van der Waals surface area (Å²) in [7, 11) is -2.89. The molecular formula is C13H23N3O2S. The van der Waals surface area contributed by atoms with Crippen LogP contribution in [0.25, 0.3) is 0 Å². The first kappa shape index (κ1) is 14.5. The average molecular weight is 285 g/mol. The first-order chi connectivity index (χ1) is 8.89. The van der Waals surface area contributed by atoms with Gasteiger partial charge < -0.3 is 5.73 Å². The van der Waals surface area contributed by atoms with E-state index < -0.39 is 9.84 Å². The fourth-order valence-electron chi connectivity index (χ4n) is 2.94. The number of hydrogen-bond donors (Lipinski definition) is 1. The molecule has 108 valence electrons. The summed E-state index contributed by atoms with van der Waals surface area (Å²) in [5.41, 5.74) is 9.28. The van der Waals surface area contributed by atoms with E-state index in [-0.39, 0.29) is 23.6 Å². The van der Waals surface area contributed by atoms with E-state index in [1.54, 1.807) is 0 Å². The van der Waals surface area contributed by atoms with Crippen LogP contribution in [-0.2, 0) is 22.7 Å². The molecule has 0 spiro atoms. The molecule has 6 heteroatoms. The van der Waals surface area contributed by atoms with Gasteiger partial charge in [0.05, 0.1) is 23.2 Å². The molecule has 2 unspecified atom stereocenters. The van der Waals surface area contributed by atoms with Gasteiger partial charge in [0.15, 0.2) is 9.84 Å². The molecule has 0 bridgehead atoms. The Kier molecular flexibility index (Phi) is 4.01. The zero-order chi connectivity index (χ0) is 14.2. The van der Waals surface area contributed by atoms with E-state index in [0.717, 1.165) is 29.8 Å². The summed E-state index contributed by atoms with van der Waals surface area (Å²) in [4.78, 5) is 0. The van der Waals surface area contributed by atoms with Gasteiger partial charge >= 0.3 is 0 Å². The Hall–Kier alpha value is -0.880. The van der Waals surface area contributed by atoms with Crippen molar-refractivity contribution >= 4 is 9.84 Å². The highest BCUT2D eigenvalue weighted by molar-refractivity contribution is 7.91. The van der Waals surface area contributed by atoms with Crippen LogP contribution >= 0.6 is 0 Å². The number of nitrogens with two attached hydrogens (primary N) is 1. The van der Waals surface area contributed by atoms with E-state index >= 15 is 0 Å². The van der Waals surface area contributed by atoms with Gasteiger partial charge in [-0.15, -0.1) is 0 Å². The summed E-state index contributed by atoms with van der Waals surface area (Å²) < 4.78 is 25.2. The molecule has 0 aromatic carbocycles. The molecule has 1 saturated heterocycles. The highest BCUT2D eigenvalue weighted by Crippen LogP contribution is 2.29. The van der Waals surface area contributed by atoms with Crippen LogP contribution in [0.1, 0.15) is 56.2 Å². The quantitative estimate of drug-likeness (QED) is 0.906. The highest BCUT2D eigenvalue weighted by Gasteiger charge is 2.32. The summed E-state index contributed by atoms with van der Waals surface area (Å²) in [6.45, 7) is 6.09. The van der Waals surface area contributed by atoms with Crippen LogP contribution in [-0.4, -0.2) is 29.7 Å². The Labute approximate surface area is 115 Å². The Bertz CT molecular complexity index is 561. The van der Waals surface area contributed by atoms with Crippen LogP contribution in [0.4, 0.5) is 0 Å². The van der Waals surface area contributed by atoms with Crippen molar-refractivity contribution in [1.29, 1.82) is 0 Å². The molecule has 19 heavy (non-hydrogen) atoms. The fraction of sp³-hybridized carbons (Fsp3) is 0.769. The van der Waals surface area contributed by atoms with Gasteiger partial charge in [0.2, 0.25) is 0 Å². The van der Waals surface area contributed by atoms with Crippen molar-refractivity contribution in [3.63, 3.8) is 0 Å². The first-order valence-corrected chi connectivity index (χ1v) is 8.77. The van der Waals surface area contributed by atoms with Crippen LogP contribution < -0.4 is 5.73 Å². The number of nitrogens with zero attached hydrogens (tertiary/aromatic N) is 2. The molecule has 2 atom stereocenters. The lowest BCUT2D eigenvalue weighted by atomic mass is 10.0. The van der Waals surface area contributed by atoms with Gasteiger partial charge in [-0.3, -0.25) is 4.68 Å². The molecular weight excluding hydrogens is 262 g/mol. The van der Waals surface area contributed by atoms with Gasteiger partial charge in [0.1, 0.15) is 0 Å². The summed E-state index contributed by atoms with van der Waals surface area (Å²) in [6, 6.07) is -0.0746. The molecule has 0 saturated carbocycles. The Morgan fingerprint density at radius 3 is 2.53 bits per heavy atom. The number of aromatic nitrogens is 2. The van der Waals surface area contributed by atoms with Crippen molar-refractivity contribution in [1.82, 2.24) is 9.78 Å². The van der Waals surface area contributed by atoms with Gasteiger partial charge in [0, 0.05) is 17.3 Å². The third-order valence-electron chi connectivity index (χ3n) is 3.81. The van der Waals surface area contributed by atoms with E-state index in [9.17, 15) is 8.42 Å². The predicted octanol–water partition coefficient (Wildman–Crippen LogP) is 1.39. The summed E-state index contributed by atoms with van der Waals surface area (Å²) in [5.74, 6) is 0.485. The van der Waals surface area contributed by atoms with E-state index in [1.165, 1.54) is 0 Å². The summed E-state index contributed by atoms with van der Waals surface area (Å²) >= 11 is 0. The van der Waals surface area contributed by atoms with Crippen LogP contribution in [0.15, 0.2) is 0 Å². The van der Waals surface area contributed by atoms with E-state index in [0.29, 0.717) is 6.42 Å². The van der Waals surface area contributed by atoms with Crippen LogP contribution in [0.3, 0.4) is 0 Å². The van der Waals surface area contributed by atoms with Crippen LogP contribution in [0.2, 0.25) is 0 Å². The maximum Gasteiger partial charge on any atom is 0.152 e. The molecule has 2 N–H and O–H groups in total. The smallest absolute Gasteiger partial charge is 0.152 e. The Morgan fingerprint density at radius 2 is 2.11 bits per heavy atom. The minimum absolute atomic E-state index is 0.0160. The number of hydrogen-bond acceptors (Lipinski definition) is 4. The number of sulfone groups is 1. The minimum atomic E-state index is -2.89. The second kappa shape index (κ2) is 5.25. The van der Waals surface area contributed by atoms with Crippen molar-refractivity contribution < 1.29 is 8.42 Å². The van der Waals surface area contributed by atoms with E-state index in [1.807, 2.05) is 11.6 Å². The molecule has 0 aliphatic carbocycles. The molecule has 1 aliphatic heterocycles. The van der Waals surface area contributed by atoms with Gasteiger partial charge in [-0.25, -0.2) is 8.42 Å². The standard InChI is InChI=1S/C13H23N3O2S/c1-4-11-13(9(3)14)12(5-2)16(15-11)10-6-7-19(17,18)8-10/h9-10H,4-8,14H2,1-3H3. The highest BCUT2D eigenvalue weighted by atomic mass is 32.2. The maximum absolute atomic E-state index is 11.6. The van der Waals surface area contributed by atoms with E-state index in [2.05, 4.69) is 18.9 Å². The second-order valence-electron chi connectivity index (χ2n) is 5.30. The lowest BCUT2D eigenvalue weighted by molar-refractivity contribution is 0.477.